The van der Waals surface area contributed by atoms with Crippen molar-refractivity contribution in [3.05, 3.63) is 12.2 Å². The van der Waals surface area contributed by atoms with Crippen LogP contribution in [-0.2, 0) is 57.5 Å². The van der Waals surface area contributed by atoms with Gasteiger partial charge in [0.2, 0.25) is 47.3 Å². The van der Waals surface area contributed by atoms with E-state index in [0.29, 0.717) is 39.1 Å². The van der Waals surface area contributed by atoms with Gasteiger partial charge < -0.3 is 49.5 Å². The van der Waals surface area contributed by atoms with E-state index in [0.717, 1.165) is 4.90 Å². The van der Waals surface area contributed by atoms with Crippen molar-refractivity contribution in [3.63, 3.8) is 0 Å². The Kier molecular flexibility index (Phi) is 34.3. The molecule has 8 amide bonds. The molecule has 2 aliphatic heterocycles. The number of carbonyl (C=O) groups excluding carboxylic acids is 11. The second-order valence-electron chi connectivity index (χ2n) is 29.5. The molecule has 0 aromatic rings. The van der Waals surface area contributed by atoms with Gasteiger partial charge in [-0.05, 0) is 107 Å². The summed E-state index contributed by atoms with van der Waals surface area (Å²) in [6.07, 6.45) is 2.77. The van der Waals surface area contributed by atoms with Gasteiger partial charge >= 0.3 is 0 Å². The zero-order chi connectivity index (χ0) is 71.5. The van der Waals surface area contributed by atoms with Crippen LogP contribution >= 0.6 is 0 Å². The van der Waals surface area contributed by atoms with Crippen molar-refractivity contribution < 1.29 is 62.6 Å². The van der Waals surface area contributed by atoms with Gasteiger partial charge in [0.05, 0.1) is 31.4 Å². The van der Waals surface area contributed by atoms with Crippen LogP contribution in [0.2, 0.25) is 0 Å². The van der Waals surface area contributed by atoms with Crippen molar-refractivity contribution in [3.8, 4) is 0 Å². The summed E-state index contributed by atoms with van der Waals surface area (Å²) in [4.78, 5) is 176. The number of hydrogen-bond donors (Lipinski definition) is 2. The Balaban J connectivity index is 3.05. The van der Waals surface area contributed by atoms with Crippen LogP contribution in [0.3, 0.4) is 0 Å². The normalized spacial score (nSPS) is 29.0. The zero-order valence-corrected chi connectivity index (χ0v) is 61.8. The molecule has 0 bridgehead atoms. The van der Waals surface area contributed by atoms with Crippen molar-refractivity contribution in [2.24, 2.45) is 59.2 Å². The molecule has 93 heavy (non-hydrogen) atoms. The second-order valence-corrected chi connectivity index (χ2v) is 29.5. The molecule has 2 fully saturated rings. The predicted molar refractivity (Wildman–Crippen MR) is 363 cm³/mol. The maximum atomic E-state index is 15.3. The first-order valence-corrected chi connectivity index (χ1v) is 34.5. The number of amides is 8. The number of ketones is 3. The highest BCUT2D eigenvalue weighted by molar-refractivity contribution is 6.00. The SMILES string of the molecule is C/C=C/C[C@@H](C)[C@@H](O)[C@H]1C(=O)N[C@@H](CC)C(=O)N(C)[C@H](C)C(=O)N(C)[C@@H]([C@H](C)CCN2CCOC[C@@H]2C)C(=O)C[C@@H](C(C)C)C(=O)N(C)[C@@H](CC(C)C)C(=O)C[C@@H](C)C(=O)C[C@H](C)C(=O)N(C)[C@@H](CC(C)C)C(=O)N(C)[C@@H](CC(C)C)C(=O)N(C)[C@@H](C(C)C)C(=O)N1C. The molecule has 0 saturated carbocycles. The van der Waals surface area contributed by atoms with Gasteiger partial charge in [-0.3, -0.25) is 57.6 Å². The Morgan fingerprint density at radius 2 is 1.01 bits per heavy atom. The number of allylic oxidation sites excluding steroid dienone is 2. The van der Waals surface area contributed by atoms with Crippen LogP contribution in [0.5, 0.6) is 0 Å². The van der Waals surface area contributed by atoms with E-state index in [1.165, 1.54) is 78.6 Å². The molecule has 532 valence electrons. The average Bonchev–Trinajstić information content (AvgIpc) is 0.823. The summed E-state index contributed by atoms with van der Waals surface area (Å²) in [6.45, 7) is 34.8. The van der Waals surface area contributed by atoms with Gasteiger partial charge in [0.25, 0.3) is 0 Å². The van der Waals surface area contributed by atoms with Crippen molar-refractivity contribution in [2.75, 3.05) is 75.6 Å². The number of rotatable bonds is 17. The van der Waals surface area contributed by atoms with Gasteiger partial charge in [0.15, 0.2) is 11.6 Å². The number of nitrogens with one attached hydrogen (secondary N) is 1. The lowest BCUT2D eigenvalue weighted by Crippen LogP contribution is -2.63. The Morgan fingerprint density at radius 1 is 0.527 bits per heavy atom. The number of morpholine rings is 1. The number of ether oxygens (including phenoxy) is 1. The molecule has 0 aromatic carbocycles. The predicted octanol–water partition coefficient (Wildman–Crippen LogP) is 6.63. The molecular weight excluding hydrogens is 1190 g/mol. The van der Waals surface area contributed by atoms with Gasteiger partial charge in [0.1, 0.15) is 42.0 Å². The maximum absolute atomic E-state index is 15.3. The summed E-state index contributed by atoms with van der Waals surface area (Å²) >= 11 is 0. The molecular formula is C71H125N9O13. The summed E-state index contributed by atoms with van der Waals surface area (Å²) < 4.78 is 5.70. The first-order valence-electron chi connectivity index (χ1n) is 34.5. The third-order valence-electron chi connectivity index (χ3n) is 19.7. The van der Waals surface area contributed by atoms with E-state index < -0.39 is 143 Å². The fourth-order valence-corrected chi connectivity index (χ4v) is 13.2. The van der Waals surface area contributed by atoms with E-state index in [2.05, 4.69) is 17.1 Å². The largest absolute Gasteiger partial charge is 0.390 e. The van der Waals surface area contributed by atoms with Crippen LogP contribution in [0.25, 0.3) is 0 Å². The van der Waals surface area contributed by atoms with Gasteiger partial charge in [-0.15, -0.1) is 0 Å². The van der Waals surface area contributed by atoms with Crippen LogP contribution < -0.4 is 5.32 Å². The molecule has 2 aliphatic rings. The minimum atomic E-state index is -1.61. The quantitative estimate of drug-likeness (QED) is 0.145. The van der Waals surface area contributed by atoms with Crippen LogP contribution in [0, 0.1) is 59.2 Å². The van der Waals surface area contributed by atoms with Gasteiger partial charge in [-0.2, -0.15) is 0 Å². The Labute approximate surface area is 559 Å². The molecule has 2 saturated heterocycles. The second kappa shape index (κ2) is 38.2. The fraction of sp³-hybridized carbons (Fsp3) is 0.817. The summed E-state index contributed by atoms with van der Waals surface area (Å²) in [5.74, 6) is -11.1. The minimum Gasteiger partial charge on any atom is -0.390 e. The standard InChI is InChI=1S/C71H125N9O13/c1-26-28-29-47(14)63(84)62-64(85)72-53(27-2)68(89)73(19)51(18)66(87)78(24)61(46(13)30-31-80-32-33-93-40-50(80)17)59(83)39-52(44(9)10)67(88)74(20)54(34-41(3)4)58(82)37-48(15)57(81)38-49(16)65(86)75(21)55(35-42(5)6)69(90)76(22)56(36-43(7)8)70(91)77(23)60(45(11)12)71(92)79(62)25/h26,28,41-56,60-63,84H,27,29-40H2,1-25H3,(H,72,85)/b28-26+/t46-,47-,48-,49+,50+,51-,52+,53+,54+,55+,56+,60+,61+,62+,63-/m1/s1. The molecule has 0 aromatic heterocycles. The van der Waals surface area contributed by atoms with Gasteiger partial charge in [0, 0.05) is 98.9 Å². The fourth-order valence-electron chi connectivity index (χ4n) is 13.2. The Morgan fingerprint density at radius 3 is 1.51 bits per heavy atom. The highest BCUT2D eigenvalue weighted by Gasteiger charge is 2.46. The number of carbonyl (C=O) groups is 11. The lowest BCUT2D eigenvalue weighted by Gasteiger charge is -2.41. The third kappa shape index (κ3) is 22.8. The van der Waals surface area contributed by atoms with Crippen molar-refractivity contribution in [1.82, 2.24) is 44.5 Å². The zero-order valence-electron chi connectivity index (χ0n) is 61.8. The monoisotopic (exact) mass is 1310 g/mol. The summed E-state index contributed by atoms with van der Waals surface area (Å²) in [6, 6.07) is -9.53. The number of Topliss-reactive ketones (excluding diaryl/α,β-unsaturated/α-hetero) is 3. The molecule has 2 heterocycles. The Bertz CT molecular complexity index is 2560. The van der Waals surface area contributed by atoms with Crippen LogP contribution in [0.4, 0.5) is 0 Å². The molecule has 0 spiro atoms. The molecule has 0 unspecified atom stereocenters. The first kappa shape index (κ1) is 83.5. The number of aliphatic hydroxyl groups is 1. The van der Waals surface area contributed by atoms with Crippen molar-refractivity contribution in [2.45, 2.75) is 243 Å². The molecule has 22 nitrogen and oxygen atoms in total. The number of likely N-dealkylation sites (N-methyl/N-ethyl adjacent to an activating group) is 7. The minimum absolute atomic E-state index is 0.0224. The van der Waals surface area contributed by atoms with Gasteiger partial charge in [-0.25, -0.2) is 0 Å². The molecule has 15 atom stereocenters. The lowest BCUT2D eigenvalue weighted by molar-refractivity contribution is -0.157. The van der Waals surface area contributed by atoms with Crippen LogP contribution in [-0.4, -0.2) is 245 Å². The van der Waals surface area contributed by atoms with Gasteiger partial charge in [-0.1, -0.05) is 116 Å². The molecule has 22 heteroatoms. The third-order valence-corrected chi connectivity index (χ3v) is 19.7. The van der Waals surface area contributed by atoms with Crippen molar-refractivity contribution >= 4 is 64.6 Å². The highest BCUT2D eigenvalue weighted by atomic mass is 16.5. The smallest absolute Gasteiger partial charge is 0.246 e. The van der Waals surface area contributed by atoms with E-state index in [-0.39, 0.29) is 86.1 Å². The first-order chi connectivity index (χ1) is 43.1. The topological polar surface area (TPSA) is 255 Å². The highest BCUT2D eigenvalue weighted by Crippen LogP contribution is 2.30. The molecule has 2 N–H and O–H groups in total. The maximum Gasteiger partial charge on any atom is 0.246 e. The summed E-state index contributed by atoms with van der Waals surface area (Å²) in [5, 5.41) is 15.1. The summed E-state index contributed by atoms with van der Waals surface area (Å²) in [5.41, 5.74) is 0. The number of nitrogens with zero attached hydrogens (tertiary/aromatic N) is 8. The van der Waals surface area contributed by atoms with Crippen molar-refractivity contribution in [1.29, 1.82) is 0 Å². The van der Waals surface area contributed by atoms with Crippen LogP contribution in [0.1, 0.15) is 182 Å². The number of hydrogen-bond acceptors (Lipinski definition) is 14. The van der Waals surface area contributed by atoms with E-state index in [9.17, 15) is 24.3 Å². The van der Waals surface area contributed by atoms with E-state index >= 15 is 33.6 Å². The summed E-state index contributed by atoms with van der Waals surface area (Å²) in [7, 11) is 10.3. The molecule has 0 aliphatic carbocycles. The van der Waals surface area contributed by atoms with E-state index in [4.69, 9.17) is 4.74 Å². The van der Waals surface area contributed by atoms with E-state index in [1.807, 2.05) is 75.3 Å². The van der Waals surface area contributed by atoms with Crippen LogP contribution in [0.15, 0.2) is 12.2 Å². The molecule has 2 rings (SSSR count). The Hall–Kier alpha value is -5.61. The average molecular weight is 1310 g/mol. The van der Waals surface area contributed by atoms with E-state index in [1.54, 1.807) is 54.7 Å². The number of aliphatic hydroxyl groups excluding tert-OH is 1. The lowest BCUT2D eigenvalue weighted by atomic mass is 9.82. The molecule has 0 radical (unpaired) electrons.